The predicted octanol–water partition coefficient (Wildman–Crippen LogP) is 4.62. The van der Waals surface area contributed by atoms with Crippen molar-refractivity contribution in [2.75, 3.05) is 0 Å². The number of ether oxygens (including phenoxy) is 1. The lowest BCUT2D eigenvalue weighted by molar-refractivity contribution is -0.160. The average Bonchev–Trinajstić information content (AvgIpc) is 2.50. The lowest BCUT2D eigenvalue weighted by atomic mass is 9.53. The first-order valence-electron chi connectivity index (χ1n) is 8.74. The summed E-state index contributed by atoms with van der Waals surface area (Å²) in [6.07, 6.45) is 4.87. The van der Waals surface area contributed by atoms with Gasteiger partial charge >= 0.3 is 5.97 Å². The minimum Gasteiger partial charge on any atom is -0.459 e. The Morgan fingerprint density at radius 1 is 1.26 bits per heavy atom. The molecule has 0 saturated heterocycles. The molecule has 0 unspecified atom stereocenters. The maximum absolute atomic E-state index is 12.6. The van der Waals surface area contributed by atoms with Gasteiger partial charge < -0.3 is 4.74 Å². The summed E-state index contributed by atoms with van der Waals surface area (Å²) in [4.78, 5) is 24.7. The number of ketones is 1. The van der Waals surface area contributed by atoms with Crippen molar-refractivity contribution in [2.45, 2.75) is 73.3 Å². The molecule has 0 aromatic heterocycles. The molecule has 23 heavy (non-hydrogen) atoms. The lowest BCUT2D eigenvalue weighted by Crippen LogP contribution is -2.51. The first-order chi connectivity index (χ1) is 10.7. The van der Waals surface area contributed by atoms with E-state index in [1.54, 1.807) is 13.0 Å². The van der Waals surface area contributed by atoms with Gasteiger partial charge in [0.1, 0.15) is 6.10 Å². The number of hydrogen-bond acceptors (Lipinski definition) is 3. The third-order valence-corrected chi connectivity index (χ3v) is 6.22. The van der Waals surface area contributed by atoms with Crippen molar-refractivity contribution in [3.8, 4) is 0 Å². The third kappa shape index (κ3) is 3.29. The van der Waals surface area contributed by atoms with Gasteiger partial charge in [0.15, 0.2) is 5.78 Å². The SMILES string of the molecule is C/C=C(/C)C(=O)O[C@@H]1CC[C@H](C)[C@@]2(C)CC(=C(C)C)C(=O)C[C@@H]12. The van der Waals surface area contributed by atoms with E-state index < -0.39 is 0 Å². The van der Waals surface area contributed by atoms with E-state index in [2.05, 4.69) is 13.8 Å². The van der Waals surface area contributed by atoms with Crippen molar-refractivity contribution in [3.05, 3.63) is 22.8 Å². The Morgan fingerprint density at radius 3 is 2.48 bits per heavy atom. The molecule has 3 heteroatoms. The molecule has 3 nitrogen and oxygen atoms in total. The first kappa shape index (κ1) is 18.0. The lowest BCUT2D eigenvalue weighted by Gasteiger charge is -2.52. The second-order valence-electron chi connectivity index (χ2n) is 7.79. The quantitative estimate of drug-likeness (QED) is 0.551. The summed E-state index contributed by atoms with van der Waals surface area (Å²) < 4.78 is 5.80. The second-order valence-corrected chi connectivity index (χ2v) is 7.79. The molecule has 2 aliphatic carbocycles. The molecule has 0 aromatic carbocycles. The van der Waals surface area contributed by atoms with E-state index in [0.717, 1.165) is 30.4 Å². The Morgan fingerprint density at radius 2 is 1.91 bits per heavy atom. The molecule has 2 rings (SSSR count). The van der Waals surface area contributed by atoms with Crippen LogP contribution in [0.5, 0.6) is 0 Å². The predicted molar refractivity (Wildman–Crippen MR) is 91.9 cm³/mol. The van der Waals surface area contributed by atoms with E-state index in [9.17, 15) is 9.59 Å². The molecule has 0 bridgehead atoms. The zero-order valence-corrected chi connectivity index (χ0v) is 15.4. The van der Waals surface area contributed by atoms with Gasteiger partial charge in [0.25, 0.3) is 0 Å². The van der Waals surface area contributed by atoms with Crippen molar-refractivity contribution in [1.29, 1.82) is 0 Å². The normalized spacial score (nSPS) is 34.9. The van der Waals surface area contributed by atoms with E-state index in [-0.39, 0.29) is 29.2 Å². The Balaban J connectivity index is 2.29. The number of allylic oxidation sites excluding steroid dienone is 3. The maximum Gasteiger partial charge on any atom is 0.333 e. The molecule has 2 aliphatic rings. The van der Waals surface area contributed by atoms with Crippen LogP contribution in [-0.4, -0.2) is 17.9 Å². The molecular weight excluding hydrogens is 288 g/mol. The molecule has 0 N–H and O–H groups in total. The zero-order valence-electron chi connectivity index (χ0n) is 15.4. The van der Waals surface area contributed by atoms with Crippen LogP contribution in [0.1, 0.15) is 67.2 Å². The zero-order chi connectivity index (χ0) is 17.4. The van der Waals surface area contributed by atoms with Crippen molar-refractivity contribution < 1.29 is 14.3 Å². The highest BCUT2D eigenvalue weighted by atomic mass is 16.5. The van der Waals surface area contributed by atoms with Crippen LogP contribution in [0.4, 0.5) is 0 Å². The van der Waals surface area contributed by atoms with Crippen molar-refractivity contribution in [3.63, 3.8) is 0 Å². The fourth-order valence-corrected chi connectivity index (χ4v) is 4.15. The minimum absolute atomic E-state index is 0.0353. The molecule has 0 aromatic rings. The van der Waals surface area contributed by atoms with E-state index in [1.165, 1.54) is 0 Å². The molecule has 0 radical (unpaired) electrons. The molecule has 2 saturated carbocycles. The summed E-state index contributed by atoms with van der Waals surface area (Å²) >= 11 is 0. The van der Waals surface area contributed by atoms with E-state index >= 15 is 0 Å². The summed E-state index contributed by atoms with van der Waals surface area (Å²) in [6.45, 7) is 12.2. The number of carbonyl (C=O) groups is 2. The summed E-state index contributed by atoms with van der Waals surface area (Å²) in [7, 11) is 0. The van der Waals surface area contributed by atoms with Gasteiger partial charge in [-0.25, -0.2) is 4.79 Å². The fourth-order valence-electron chi connectivity index (χ4n) is 4.15. The highest BCUT2D eigenvalue weighted by Gasteiger charge is 2.52. The van der Waals surface area contributed by atoms with Gasteiger partial charge in [-0.3, -0.25) is 4.79 Å². The molecule has 2 fully saturated rings. The Labute approximate surface area is 140 Å². The number of esters is 1. The standard InChI is InChI=1S/C20H30O3/c1-7-13(4)19(22)23-18-9-8-14(5)20(6)11-15(12(2)3)17(21)10-16(18)20/h7,14,16,18H,8-11H2,1-6H3/b13-7-/t14-,16-,18+,20+/m0/s1. The van der Waals surface area contributed by atoms with Crippen molar-refractivity contribution >= 4 is 11.8 Å². The Kier molecular flexibility index (Phi) is 5.17. The van der Waals surface area contributed by atoms with E-state index in [1.807, 2.05) is 20.8 Å². The van der Waals surface area contributed by atoms with Gasteiger partial charge in [-0.15, -0.1) is 0 Å². The van der Waals surface area contributed by atoms with Crippen LogP contribution in [0.3, 0.4) is 0 Å². The monoisotopic (exact) mass is 318 g/mol. The highest BCUT2D eigenvalue weighted by Crippen LogP contribution is 2.54. The summed E-state index contributed by atoms with van der Waals surface area (Å²) in [5.41, 5.74) is 2.79. The van der Waals surface area contributed by atoms with Gasteiger partial charge in [-0.2, -0.15) is 0 Å². The van der Waals surface area contributed by atoms with E-state index in [0.29, 0.717) is 17.9 Å². The van der Waals surface area contributed by atoms with Crippen LogP contribution in [0.15, 0.2) is 22.8 Å². The summed E-state index contributed by atoms with van der Waals surface area (Å²) in [5.74, 6) is 0.670. The van der Waals surface area contributed by atoms with Crippen LogP contribution in [0.25, 0.3) is 0 Å². The van der Waals surface area contributed by atoms with Crippen LogP contribution in [0, 0.1) is 17.3 Å². The molecule has 0 aliphatic heterocycles. The molecule has 0 heterocycles. The van der Waals surface area contributed by atoms with E-state index in [4.69, 9.17) is 4.74 Å². The number of rotatable bonds is 2. The highest BCUT2D eigenvalue weighted by molar-refractivity contribution is 5.97. The van der Waals surface area contributed by atoms with Gasteiger partial charge in [-0.1, -0.05) is 25.5 Å². The van der Waals surface area contributed by atoms with Crippen molar-refractivity contribution in [1.82, 2.24) is 0 Å². The Bertz CT molecular complexity index is 565. The number of fused-ring (bicyclic) bond motifs is 1. The molecule has 0 amide bonds. The first-order valence-corrected chi connectivity index (χ1v) is 8.74. The van der Waals surface area contributed by atoms with Crippen LogP contribution in [-0.2, 0) is 14.3 Å². The van der Waals surface area contributed by atoms with Crippen molar-refractivity contribution in [2.24, 2.45) is 17.3 Å². The van der Waals surface area contributed by atoms with Crippen LogP contribution < -0.4 is 0 Å². The van der Waals surface area contributed by atoms with Gasteiger partial charge in [0, 0.05) is 17.9 Å². The fraction of sp³-hybridized carbons (Fsp3) is 0.700. The van der Waals surface area contributed by atoms with Gasteiger partial charge in [0.05, 0.1) is 0 Å². The largest absolute Gasteiger partial charge is 0.459 e. The number of carbonyl (C=O) groups excluding carboxylic acids is 2. The average molecular weight is 318 g/mol. The molecule has 0 spiro atoms. The molecular formula is C20H30O3. The number of hydrogen-bond donors (Lipinski definition) is 0. The molecule has 4 atom stereocenters. The second kappa shape index (κ2) is 6.62. The molecule has 128 valence electrons. The van der Waals surface area contributed by atoms with Gasteiger partial charge in [0.2, 0.25) is 0 Å². The topological polar surface area (TPSA) is 43.4 Å². The smallest absolute Gasteiger partial charge is 0.333 e. The maximum atomic E-state index is 12.6. The Hall–Kier alpha value is -1.38. The summed E-state index contributed by atoms with van der Waals surface area (Å²) in [5, 5.41) is 0. The summed E-state index contributed by atoms with van der Waals surface area (Å²) in [6, 6.07) is 0. The van der Waals surface area contributed by atoms with Crippen LogP contribution in [0.2, 0.25) is 0 Å². The number of Topliss-reactive ketones (excluding diaryl/α,β-unsaturated/α-hetero) is 1. The van der Waals surface area contributed by atoms with Crippen LogP contribution >= 0.6 is 0 Å². The third-order valence-electron chi connectivity index (χ3n) is 6.22. The van der Waals surface area contributed by atoms with Gasteiger partial charge in [-0.05, 0) is 63.9 Å². The minimum atomic E-state index is -0.241.